The standard InChI is InChI=1S/C13H18O2/c1-2-3-7-10-15-11-13(14)12-8-5-4-6-9-12/h4-6,8-9H,2-3,7,10-11H2,1H3. The third kappa shape index (κ3) is 4.75. The summed E-state index contributed by atoms with van der Waals surface area (Å²) in [4.78, 5) is 11.6. The molecule has 0 N–H and O–H groups in total. The third-order valence-corrected chi connectivity index (χ3v) is 2.22. The lowest BCUT2D eigenvalue weighted by Gasteiger charge is -2.02. The molecule has 0 amide bonds. The number of rotatable bonds is 7. The van der Waals surface area contributed by atoms with Crippen LogP contribution in [0.15, 0.2) is 30.3 Å². The topological polar surface area (TPSA) is 26.3 Å². The minimum absolute atomic E-state index is 0.0621. The third-order valence-electron chi connectivity index (χ3n) is 2.22. The molecule has 1 aromatic carbocycles. The molecule has 0 aromatic heterocycles. The molecule has 0 aliphatic heterocycles. The maximum Gasteiger partial charge on any atom is 0.188 e. The van der Waals surface area contributed by atoms with Crippen LogP contribution in [-0.2, 0) is 4.74 Å². The monoisotopic (exact) mass is 206 g/mol. The predicted octanol–water partition coefficient (Wildman–Crippen LogP) is 3.08. The molecule has 0 unspecified atom stereocenters. The van der Waals surface area contributed by atoms with Gasteiger partial charge >= 0.3 is 0 Å². The molecule has 0 radical (unpaired) electrons. The van der Waals surface area contributed by atoms with E-state index in [1.165, 1.54) is 12.8 Å². The van der Waals surface area contributed by atoms with Gasteiger partial charge in [-0.2, -0.15) is 0 Å². The Morgan fingerprint density at radius 1 is 1.20 bits per heavy atom. The second-order valence-corrected chi connectivity index (χ2v) is 3.55. The predicted molar refractivity (Wildman–Crippen MR) is 61.1 cm³/mol. The van der Waals surface area contributed by atoms with Gasteiger partial charge in [0.05, 0.1) is 0 Å². The molecule has 0 aliphatic rings. The lowest BCUT2D eigenvalue weighted by molar-refractivity contribution is 0.0753. The first kappa shape index (κ1) is 11.9. The SMILES string of the molecule is CCCCCOCC(=O)c1ccccc1. The zero-order valence-corrected chi connectivity index (χ0v) is 9.24. The van der Waals surface area contributed by atoms with Crippen LogP contribution < -0.4 is 0 Å². The molecule has 15 heavy (non-hydrogen) atoms. The van der Waals surface area contributed by atoms with Gasteiger partial charge in [0.1, 0.15) is 6.61 Å². The van der Waals surface area contributed by atoms with E-state index in [-0.39, 0.29) is 12.4 Å². The first-order valence-corrected chi connectivity index (χ1v) is 5.50. The smallest absolute Gasteiger partial charge is 0.188 e. The van der Waals surface area contributed by atoms with E-state index in [0.717, 1.165) is 12.0 Å². The van der Waals surface area contributed by atoms with Gasteiger partial charge in [-0.25, -0.2) is 0 Å². The summed E-state index contributed by atoms with van der Waals surface area (Å²) in [6.45, 7) is 3.04. The average molecular weight is 206 g/mol. The Hall–Kier alpha value is -1.15. The van der Waals surface area contributed by atoms with Gasteiger partial charge < -0.3 is 4.74 Å². The highest BCUT2D eigenvalue weighted by molar-refractivity contribution is 5.96. The zero-order valence-electron chi connectivity index (χ0n) is 9.24. The molecule has 0 bridgehead atoms. The summed E-state index contributed by atoms with van der Waals surface area (Å²) in [5.41, 5.74) is 0.730. The molecule has 0 saturated heterocycles. The summed E-state index contributed by atoms with van der Waals surface area (Å²) in [5.74, 6) is 0.0621. The van der Waals surface area contributed by atoms with Crippen LogP contribution in [0.2, 0.25) is 0 Å². The molecule has 0 heterocycles. The molecule has 0 atom stereocenters. The van der Waals surface area contributed by atoms with E-state index in [2.05, 4.69) is 6.92 Å². The Labute approximate surface area is 91.3 Å². The Kier molecular flexibility index (Phi) is 5.71. The maximum absolute atomic E-state index is 11.6. The van der Waals surface area contributed by atoms with Crippen molar-refractivity contribution in [3.63, 3.8) is 0 Å². The summed E-state index contributed by atoms with van der Waals surface area (Å²) in [5, 5.41) is 0. The summed E-state index contributed by atoms with van der Waals surface area (Å²) in [7, 11) is 0. The van der Waals surface area contributed by atoms with Crippen molar-refractivity contribution in [3.8, 4) is 0 Å². The number of ketones is 1. The number of hydrogen-bond donors (Lipinski definition) is 0. The molecule has 2 nitrogen and oxygen atoms in total. The summed E-state index contributed by atoms with van der Waals surface area (Å²) in [6, 6.07) is 9.27. The quantitative estimate of drug-likeness (QED) is 0.506. The summed E-state index contributed by atoms with van der Waals surface area (Å²) >= 11 is 0. The van der Waals surface area contributed by atoms with Crippen molar-refractivity contribution < 1.29 is 9.53 Å². The highest BCUT2D eigenvalue weighted by atomic mass is 16.5. The van der Waals surface area contributed by atoms with Gasteiger partial charge in [-0.15, -0.1) is 0 Å². The first-order chi connectivity index (χ1) is 7.34. The minimum atomic E-state index is 0.0621. The molecule has 0 aliphatic carbocycles. The number of carbonyl (C=O) groups is 1. The molecule has 1 aromatic rings. The fourth-order valence-corrected chi connectivity index (χ4v) is 1.33. The Bertz CT molecular complexity index is 280. The van der Waals surface area contributed by atoms with Crippen molar-refractivity contribution in [1.29, 1.82) is 0 Å². The van der Waals surface area contributed by atoms with Crippen molar-refractivity contribution in [2.24, 2.45) is 0 Å². The fraction of sp³-hybridized carbons (Fsp3) is 0.462. The Balaban J connectivity index is 2.20. The number of hydrogen-bond acceptors (Lipinski definition) is 2. The summed E-state index contributed by atoms with van der Waals surface area (Å²) in [6.07, 6.45) is 3.38. The van der Waals surface area contributed by atoms with Gasteiger partial charge in [-0.1, -0.05) is 50.1 Å². The second-order valence-electron chi connectivity index (χ2n) is 3.55. The van der Waals surface area contributed by atoms with Crippen LogP contribution in [0.4, 0.5) is 0 Å². The van der Waals surface area contributed by atoms with Crippen LogP contribution in [-0.4, -0.2) is 19.0 Å². The van der Waals surface area contributed by atoms with E-state index >= 15 is 0 Å². The highest BCUT2D eigenvalue weighted by Gasteiger charge is 2.03. The van der Waals surface area contributed by atoms with Crippen LogP contribution >= 0.6 is 0 Å². The van der Waals surface area contributed by atoms with Crippen LogP contribution in [0, 0.1) is 0 Å². The van der Waals surface area contributed by atoms with Gasteiger partial charge in [0.15, 0.2) is 5.78 Å². The second kappa shape index (κ2) is 7.18. The molecule has 1 rings (SSSR count). The van der Waals surface area contributed by atoms with E-state index in [1.54, 1.807) is 0 Å². The molecule has 82 valence electrons. The van der Waals surface area contributed by atoms with Crippen molar-refractivity contribution >= 4 is 5.78 Å². The molecular formula is C13H18O2. The molecule has 0 fully saturated rings. The van der Waals surface area contributed by atoms with Crippen molar-refractivity contribution in [2.75, 3.05) is 13.2 Å². The van der Waals surface area contributed by atoms with Crippen LogP contribution in [0.1, 0.15) is 36.5 Å². The van der Waals surface area contributed by atoms with E-state index in [4.69, 9.17) is 4.74 Å². The van der Waals surface area contributed by atoms with Crippen molar-refractivity contribution in [2.45, 2.75) is 26.2 Å². The first-order valence-electron chi connectivity index (χ1n) is 5.50. The van der Waals surface area contributed by atoms with Gasteiger partial charge in [-0.05, 0) is 6.42 Å². The lowest BCUT2D eigenvalue weighted by atomic mass is 10.1. The van der Waals surface area contributed by atoms with E-state index < -0.39 is 0 Å². The fourth-order valence-electron chi connectivity index (χ4n) is 1.33. The molecule has 0 saturated carbocycles. The normalized spacial score (nSPS) is 10.2. The number of unbranched alkanes of at least 4 members (excludes halogenated alkanes) is 2. The highest BCUT2D eigenvalue weighted by Crippen LogP contribution is 2.01. The largest absolute Gasteiger partial charge is 0.373 e. The van der Waals surface area contributed by atoms with Gasteiger partial charge in [-0.3, -0.25) is 4.79 Å². The zero-order chi connectivity index (χ0) is 10.9. The Morgan fingerprint density at radius 2 is 1.93 bits per heavy atom. The number of carbonyl (C=O) groups excluding carboxylic acids is 1. The van der Waals surface area contributed by atoms with E-state index in [0.29, 0.717) is 6.61 Å². The lowest BCUT2D eigenvalue weighted by Crippen LogP contribution is -2.09. The van der Waals surface area contributed by atoms with Crippen molar-refractivity contribution in [3.05, 3.63) is 35.9 Å². The Morgan fingerprint density at radius 3 is 2.60 bits per heavy atom. The van der Waals surface area contributed by atoms with Crippen LogP contribution in [0.3, 0.4) is 0 Å². The number of benzene rings is 1. The van der Waals surface area contributed by atoms with E-state index in [1.807, 2.05) is 30.3 Å². The van der Waals surface area contributed by atoms with Crippen LogP contribution in [0.5, 0.6) is 0 Å². The van der Waals surface area contributed by atoms with Gasteiger partial charge in [0, 0.05) is 12.2 Å². The van der Waals surface area contributed by atoms with Gasteiger partial charge in [0.25, 0.3) is 0 Å². The minimum Gasteiger partial charge on any atom is -0.373 e. The average Bonchev–Trinajstić information content (AvgIpc) is 2.30. The van der Waals surface area contributed by atoms with Gasteiger partial charge in [0.2, 0.25) is 0 Å². The van der Waals surface area contributed by atoms with Crippen molar-refractivity contribution in [1.82, 2.24) is 0 Å². The number of ether oxygens (including phenoxy) is 1. The molecule has 2 heteroatoms. The van der Waals surface area contributed by atoms with Crippen LogP contribution in [0.25, 0.3) is 0 Å². The molecule has 0 spiro atoms. The number of Topliss-reactive ketones (excluding diaryl/α,β-unsaturated/α-hetero) is 1. The van der Waals surface area contributed by atoms with E-state index in [9.17, 15) is 4.79 Å². The summed E-state index contributed by atoms with van der Waals surface area (Å²) < 4.78 is 5.30. The maximum atomic E-state index is 11.6. The molecular weight excluding hydrogens is 188 g/mol.